The summed E-state index contributed by atoms with van der Waals surface area (Å²) in [5.41, 5.74) is 2.16. The van der Waals surface area contributed by atoms with Gasteiger partial charge in [0.1, 0.15) is 0 Å². The number of quaternary nitrogens is 1. The Balaban J connectivity index is 1.62. The monoisotopic (exact) mass is 387 g/mol. The molecule has 1 aliphatic rings. The molecule has 2 N–H and O–H groups in total. The van der Waals surface area contributed by atoms with Gasteiger partial charge in [-0.05, 0) is 55.1 Å². The Morgan fingerprint density at radius 3 is 2.63 bits per heavy atom. The number of hydrogen-bond donors (Lipinski definition) is 1. The number of nitrogens with zero attached hydrogens (tertiary/aromatic N) is 1. The van der Waals surface area contributed by atoms with Crippen LogP contribution in [0.25, 0.3) is 0 Å². The molecule has 3 rings (SSSR count). The first-order valence-electron chi connectivity index (χ1n) is 9.01. The van der Waals surface area contributed by atoms with Crippen LogP contribution in [0.3, 0.4) is 0 Å². The van der Waals surface area contributed by atoms with Crippen LogP contribution in [0, 0.1) is 6.92 Å². The highest BCUT2D eigenvalue weighted by molar-refractivity contribution is 7.10. The first kappa shape index (κ1) is 19.3. The number of hydrogen-bond acceptors (Lipinski definition) is 5. The molecule has 0 spiro atoms. The van der Waals surface area contributed by atoms with Crippen LogP contribution < -0.4 is 10.2 Å². The molecule has 1 aromatic carbocycles. The second-order valence-electron chi connectivity index (χ2n) is 6.45. The molecule has 27 heavy (non-hydrogen) atoms. The van der Waals surface area contributed by atoms with Crippen molar-refractivity contribution >= 4 is 34.8 Å². The van der Waals surface area contributed by atoms with Crippen molar-refractivity contribution in [3.8, 4) is 0 Å². The molecule has 1 fully saturated rings. The van der Waals surface area contributed by atoms with Crippen molar-refractivity contribution in [1.82, 2.24) is 0 Å². The van der Waals surface area contributed by atoms with Gasteiger partial charge in [0.05, 0.1) is 30.8 Å². The lowest BCUT2D eigenvalue weighted by molar-refractivity contribution is -0.674. The Labute approximate surface area is 162 Å². The van der Waals surface area contributed by atoms with Crippen molar-refractivity contribution in [2.75, 3.05) is 18.1 Å². The Morgan fingerprint density at radius 1 is 1.26 bits per heavy atom. The first-order chi connectivity index (χ1) is 13.0. The van der Waals surface area contributed by atoms with Crippen LogP contribution in [0.1, 0.15) is 34.1 Å². The van der Waals surface area contributed by atoms with E-state index in [1.807, 2.05) is 5.32 Å². The molecule has 0 saturated carbocycles. The molecule has 0 bridgehead atoms. The van der Waals surface area contributed by atoms with Crippen LogP contribution in [0.2, 0.25) is 0 Å². The number of benzene rings is 1. The topological polar surface area (TPSA) is 80.3 Å². The minimum absolute atomic E-state index is 0.196. The lowest BCUT2D eigenvalue weighted by Crippen LogP contribution is -2.92. The number of carbonyl (C=O) groups excluding carboxylic acids is 3. The van der Waals surface area contributed by atoms with Gasteiger partial charge in [-0.1, -0.05) is 0 Å². The lowest BCUT2D eigenvalue weighted by Gasteiger charge is -2.14. The second kappa shape index (κ2) is 8.45. The van der Waals surface area contributed by atoms with E-state index < -0.39 is 5.97 Å². The smallest absolute Gasteiger partial charge is 0.338 e. The number of nitrogens with two attached hydrogens (primary N) is 1. The third kappa shape index (κ3) is 4.26. The van der Waals surface area contributed by atoms with E-state index in [9.17, 15) is 14.4 Å². The van der Waals surface area contributed by atoms with E-state index >= 15 is 0 Å². The lowest BCUT2D eigenvalue weighted by atomic mass is 10.2. The molecular formula is C20H23N2O4S+. The van der Waals surface area contributed by atoms with Crippen LogP contribution in [-0.4, -0.2) is 37.0 Å². The summed E-state index contributed by atoms with van der Waals surface area (Å²) in [5, 5.41) is 4.02. The van der Waals surface area contributed by atoms with Crippen LogP contribution >= 0.6 is 11.3 Å². The Kier molecular flexibility index (Phi) is 6.03. The number of thiophene rings is 1. The molecule has 1 saturated heterocycles. The number of amides is 2. The van der Waals surface area contributed by atoms with E-state index in [-0.39, 0.29) is 24.3 Å². The summed E-state index contributed by atoms with van der Waals surface area (Å²) in [5.74, 6) is -0.831. The standard InChI is InChI=1S/C20H22N2O4S/c1-3-26-20(25)14-4-6-15(7-5-14)22-18(23)12-16(19(22)24)21-10-8-17-13(2)9-11-27-17/h4-7,9,11,16,21H,3,8,10,12H2,1-2H3/p+1/t16-/m1/s1. The normalized spacial score (nSPS) is 16.8. The average Bonchev–Trinajstić information content (AvgIpc) is 3.18. The molecular weight excluding hydrogens is 364 g/mol. The third-order valence-corrected chi connectivity index (χ3v) is 5.69. The van der Waals surface area contributed by atoms with Gasteiger partial charge in [-0.25, -0.2) is 9.69 Å². The maximum atomic E-state index is 12.7. The highest BCUT2D eigenvalue weighted by Crippen LogP contribution is 2.22. The van der Waals surface area contributed by atoms with Crippen LogP contribution in [-0.2, 0) is 20.7 Å². The summed E-state index contributed by atoms with van der Waals surface area (Å²) in [7, 11) is 0. The molecule has 2 amide bonds. The largest absolute Gasteiger partial charge is 0.462 e. The number of carbonyl (C=O) groups is 3. The van der Waals surface area contributed by atoms with Crippen molar-refractivity contribution in [2.24, 2.45) is 0 Å². The predicted molar refractivity (Wildman–Crippen MR) is 103 cm³/mol. The molecule has 7 heteroatoms. The van der Waals surface area contributed by atoms with E-state index in [2.05, 4.69) is 18.4 Å². The van der Waals surface area contributed by atoms with Gasteiger partial charge >= 0.3 is 5.97 Å². The fraction of sp³-hybridized carbons (Fsp3) is 0.350. The minimum Gasteiger partial charge on any atom is -0.462 e. The highest BCUT2D eigenvalue weighted by Gasteiger charge is 2.42. The Hall–Kier alpha value is -2.51. The van der Waals surface area contributed by atoms with E-state index in [1.54, 1.807) is 42.5 Å². The van der Waals surface area contributed by atoms with Crippen LogP contribution in [0.4, 0.5) is 5.69 Å². The van der Waals surface area contributed by atoms with E-state index in [0.717, 1.165) is 13.0 Å². The molecule has 0 radical (unpaired) electrons. The summed E-state index contributed by atoms with van der Waals surface area (Å²) < 4.78 is 4.95. The number of anilines is 1. The van der Waals surface area contributed by atoms with Gasteiger partial charge in [-0.15, -0.1) is 11.3 Å². The van der Waals surface area contributed by atoms with Gasteiger partial charge in [0.15, 0.2) is 6.04 Å². The number of imide groups is 1. The molecule has 2 heterocycles. The summed E-state index contributed by atoms with van der Waals surface area (Å²) in [6.45, 7) is 4.88. The van der Waals surface area contributed by atoms with Gasteiger partial charge < -0.3 is 10.1 Å². The fourth-order valence-electron chi connectivity index (χ4n) is 3.15. The zero-order valence-corrected chi connectivity index (χ0v) is 16.3. The molecule has 2 aromatic rings. The first-order valence-corrected chi connectivity index (χ1v) is 9.89. The van der Waals surface area contributed by atoms with Crippen molar-refractivity contribution < 1.29 is 24.4 Å². The zero-order valence-electron chi connectivity index (χ0n) is 15.4. The van der Waals surface area contributed by atoms with Gasteiger partial charge in [0.25, 0.3) is 5.91 Å². The average molecular weight is 387 g/mol. The summed E-state index contributed by atoms with van der Waals surface area (Å²) in [6.07, 6.45) is 1.08. The summed E-state index contributed by atoms with van der Waals surface area (Å²) >= 11 is 1.72. The maximum Gasteiger partial charge on any atom is 0.338 e. The fourth-order valence-corrected chi connectivity index (χ4v) is 4.07. The molecule has 0 unspecified atom stereocenters. The van der Waals surface area contributed by atoms with E-state index in [0.29, 0.717) is 17.9 Å². The van der Waals surface area contributed by atoms with Crippen LogP contribution in [0.15, 0.2) is 35.7 Å². The van der Waals surface area contributed by atoms with Crippen molar-refractivity contribution in [3.05, 3.63) is 51.7 Å². The molecule has 142 valence electrons. The van der Waals surface area contributed by atoms with Crippen molar-refractivity contribution in [3.63, 3.8) is 0 Å². The zero-order chi connectivity index (χ0) is 19.4. The van der Waals surface area contributed by atoms with Crippen molar-refractivity contribution in [1.29, 1.82) is 0 Å². The number of rotatable bonds is 7. The molecule has 6 nitrogen and oxygen atoms in total. The Morgan fingerprint density at radius 2 is 2.00 bits per heavy atom. The van der Waals surface area contributed by atoms with E-state index in [4.69, 9.17) is 4.74 Å². The molecule has 0 aliphatic carbocycles. The quantitative estimate of drug-likeness (QED) is 0.579. The maximum absolute atomic E-state index is 12.7. The molecule has 1 aromatic heterocycles. The SMILES string of the molecule is CCOC(=O)c1ccc(N2C(=O)C[C@@H]([NH2+]CCc3sccc3C)C2=O)cc1. The van der Waals surface area contributed by atoms with Gasteiger partial charge in [0, 0.05) is 11.3 Å². The molecule has 1 aliphatic heterocycles. The number of aryl methyl sites for hydroxylation is 1. The third-order valence-electron chi connectivity index (χ3n) is 4.61. The Bertz CT molecular complexity index is 844. The summed E-state index contributed by atoms with van der Waals surface area (Å²) in [6, 6.07) is 8.07. The molecule has 1 atom stereocenters. The predicted octanol–water partition coefficient (Wildman–Crippen LogP) is 1.67. The highest BCUT2D eigenvalue weighted by atomic mass is 32.1. The van der Waals surface area contributed by atoms with E-state index in [1.165, 1.54) is 15.3 Å². The van der Waals surface area contributed by atoms with Gasteiger partial charge in [-0.2, -0.15) is 0 Å². The van der Waals surface area contributed by atoms with Gasteiger partial charge in [-0.3, -0.25) is 9.59 Å². The second-order valence-corrected chi connectivity index (χ2v) is 7.45. The number of esters is 1. The van der Waals surface area contributed by atoms with Gasteiger partial charge in [0.2, 0.25) is 5.91 Å². The van der Waals surface area contributed by atoms with Crippen molar-refractivity contribution in [2.45, 2.75) is 32.7 Å². The number of ether oxygens (including phenoxy) is 1. The van der Waals surface area contributed by atoms with Crippen LogP contribution in [0.5, 0.6) is 0 Å². The summed E-state index contributed by atoms with van der Waals surface area (Å²) in [4.78, 5) is 39.3. The minimum atomic E-state index is -0.418.